The van der Waals surface area contributed by atoms with Crippen molar-refractivity contribution in [3.8, 4) is 5.75 Å². The first kappa shape index (κ1) is 13.8. The van der Waals surface area contributed by atoms with Crippen LogP contribution < -0.4 is 10.5 Å². The Labute approximate surface area is 117 Å². The van der Waals surface area contributed by atoms with Gasteiger partial charge in [-0.05, 0) is 54.4 Å². The van der Waals surface area contributed by atoms with Crippen molar-refractivity contribution in [1.29, 1.82) is 0 Å². The molecule has 1 atom stereocenters. The summed E-state index contributed by atoms with van der Waals surface area (Å²) in [4.78, 5) is 0. The first-order chi connectivity index (χ1) is 9.06. The van der Waals surface area contributed by atoms with E-state index in [1.54, 1.807) is 30.3 Å². The minimum Gasteiger partial charge on any atom is -0.492 e. The Balaban J connectivity index is 2.03. The number of rotatable bonds is 4. The Hall–Kier alpha value is -1.58. The van der Waals surface area contributed by atoms with Crippen molar-refractivity contribution in [2.24, 2.45) is 5.73 Å². The fraction of sp³-hybridized carbons (Fsp3) is 0.200. The first-order valence-corrected chi connectivity index (χ1v) is 6.34. The number of ether oxygens (including phenoxy) is 1. The normalized spacial score (nSPS) is 12.2. The zero-order valence-corrected chi connectivity index (χ0v) is 11.3. The topological polar surface area (TPSA) is 35.2 Å². The molecule has 1 unspecified atom stereocenters. The molecular weight excluding hydrogens is 265 g/mol. The Kier molecular flexibility index (Phi) is 4.40. The predicted molar refractivity (Wildman–Crippen MR) is 75.0 cm³/mol. The molecule has 4 heteroatoms. The second-order valence-corrected chi connectivity index (χ2v) is 4.81. The minimum atomic E-state index is -0.369. The molecule has 0 spiro atoms. The van der Waals surface area contributed by atoms with E-state index in [0.29, 0.717) is 10.8 Å². The maximum atomic E-state index is 13.2. The summed E-state index contributed by atoms with van der Waals surface area (Å²) in [5.74, 6) is 0.399. The van der Waals surface area contributed by atoms with E-state index in [2.05, 4.69) is 0 Å². The summed E-state index contributed by atoms with van der Waals surface area (Å²) in [7, 11) is 0. The smallest absolute Gasteiger partial charge is 0.123 e. The maximum Gasteiger partial charge on any atom is 0.123 e. The van der Waals surface area contributed by atoms with Gasteiger partial charge in [0, 0.05) is 5.02 Å². The van der Waals surface area contributed by atoms with Gasteiger partial charge in [0.2, 0.25) is 0 Å². The van der Waals surface area contributed by atoms with Gasteiger partial charge in [0.05, 0.1) is 6.04 Å². The summed E-state index contributed by atoms with van der Waals surface area (Å²) in [5.41, 5.74) is 7.74. The van der Waals surface area contributed by atoms with E-state index in [0.717, 1.165) is 11.1 Å². The molecule has 0 fully saturated rings. The molecule has 19 heavy (non-hydrogen) atoms. The lowest BCUT2D eigenvalue weighted by atomic mass is 10.0. The van der Waals surface area contributed by atoms with E-state index < -0.39 is 0 Å². The molecule has 0 heterocycles. The third-order valence-corrected chi connectivity index (χ3v) is 3.14. The molecule has 0 amide bonds. The molecule has 2 N–H and O–H groups in total. The first-order valence-electron chi connectivity index (χ1n) is 5.96. The highest BCUT2D eigenvalue weighted by molar-refractivity contribution is 6.30. The molecule has 0 aliphatic carbocycles. The molecule has 100 valence electrons. The van der Waals surface area contributed by atoms with Gasteiger partial charge in [-0.25, -0.2) is 4.39 Å². The fourth-order valence-corrected chi connectivity index (χ4v) is 1.94. The van der Waals surface area contributed by atoms with E-state index in [9.17, 15) is 4.39 Å². The van der Waals surface area contributed by atoms with Gasteiger partial charge in [0.25, 0.3) is 0 Å². The summed E-state index contributed by atoms with van der Waals surface area (Å²) in [6.07, 6.45) is 0. The molecule has 2 nitrogen and oxygen atoms in total. The zero-order chi connectivity index (χ0) is 13.8. The van der Waals surface area contributed by atoms with Crippen LogP contribution in [-0.2, 0) is 0 Å². The highest BCUT2D eigenvalue weighted by Crippen LogP contribution is 2.20. The lowest BCUT2D eigenvalue weighted by molar-refractivity contribution is 0.290. The minimum absolute atomic E-state index is 0.284. The number of nitrogens with two attached hydrogens (primary N) is 1. The summed E-state index contributed by atoms with van der Waals surface area (Å²) in [6.45, 7) is 2.18. The summed E-state index contributed by atoms with van der Waals surface area (Å²) in [6, 6.07) is 11.3. The number of aryl methyl sites for hydroxylation is 1. The monoisotopic (exact) mass is 279 g/mol. The van der Waals surface area contributed by atoms with E-state index >= 15 is 0 Å². The van der Waals surface area contributed by atoms with Gasteiger partial charge in [-0.1, -0.05) is 17.7 Å². The molecule has 0 bridgehead atoms. The van der Waals surface area contributed by atoms with Crippen LogP contribution in [0.1, 0.15) is 17.2 Å². The average molecular weight is 280 g/mol. The molecule has 0 aliphatic heterocycles. The van der Waals surface area contributed by atoms with Crippen molar-refractivity contribution in [1.82, 2.24) is 0 Å². The second kappa shape index (κ2) is 6.04. The zero-order valence-electron chi connectivity index (χ0n) is 10.6. The predicted octanol–water partition coefficient (Wildman–Crippen LogP) is 3.87. The summed E-state index contributed by atoms with van der Waals surface area (Å²) >= 11 is 5.79. The highest BCUT2D eigenvalue weighted by Gasteiger charge is 2.11. The van der Waals surface area contributed by atoms with Crippen LogP contribution in [-0.4, -0.2) is 6.61 Å². The number of halogens is 2. The molecule has 0 saturated carbocycles. The molecular formula is C15H15ClFNO. The van der Waals surface area contributed by atoms with Gasteiger partial charge in [-0.15, -0.1) is 0 Å². The van der Waals surface area contributed by atoms with Crippen LogP contribution in [0.25, 0.3) is 0 Å². The van der Waals surface area contributed by atoms with Crippen molar-refractivity contribution >= 4 is 11.6 Å². The van der Waals surface area contributed by atoms with Crippen LogP contribution in [0, 0.1) is 12.7 Å². The second-order valence-electron chi connectivity index (χ2n) is 4.37. The van der Waals surface area contributed by atoms with Crippen LogP contribution in [0.5, 0.6) is 5.75 Å². The van der Waals surface area contributed by atoms with E-state index in [1.165, 1.54) is 12.1 Å². The Morgan fingerprint density at radius 3 is 2.58 bits per heavy atom. The van der Waals surface area contributed by atoms with Gasteiger partial charge in [-0.2, -0.15) is 0 Å². The van der Waals surface area contributed by atoms with Crippen LogP contribution in [0.4, 0.5) is 4.39 Å². The summed E-state index contributed by atoms with van der Waals surface area (Å²) in [5, 5.41) is 0.651. The third-order valence-electron chi connectivity index (χ3n) is 2.88. The van der Waals surface area contributed by atoms with Crippen LogP contribution in [0.15, 0.2) is 42.5 Å². The van der Waals surface area contributed by atoms with Gasteiger partial charge in [0.1, 0.15) is 18.2 Å². The molecule has 2 rings (SSSR count). The van der Waals surface area contributed by atoms with Crippen LogP contribution in [0.2, 0.25) is 5.02 Å². The van der Waals surface area contributed by atoms with Crippen LogP contribution in [0.3, 0.4) is 0 Å². The Bertz CT molecular complexity index is 557. The SMILES string of the molecule is Cc1ccc(F)cc1C(N)COc1ccc(Cl)cc1. The summed E-state index contributed by atoms with van der Waals surface area (Å²) < 4.78 is 18.8. The fourth-order valence-electron chi connectivity index (χ4n) is 1.82. The molecule has 0 aromatic heterocycles. The van der Waals surface area contributed by atoms with E-state index in [4.69, 9.17) is 22.1 Å². The third kappa shape index (κ3) is 3.69. The molecule has 0 aliphatic rings. The van der Waals surface area contributed by atoms with Crippen molar-refractivity contribution in [2.45, 2.75) is 13.0 Å². The highest BCUT2D eigenvalue weighted by atomic mass is 35.5. The van der Waals surface area contributed by atoms with Crippen molar-refractivity contribution in [3.63, 3.8) is 0 Å². The molecule has 0 saturated heterocycles. The largest absolute Gasteiger partial charge is 0.492 e. The standard InChI is InChI=1S/C15H15ClFNO/c1-10-2-5-12(17)8-14(10)15(18)9-19-13-6-3-11(16)4-7-13/h2-8,15H,9,18H2,1H3. The number of benzene rings is 2. The number of hydrogen-bond donors (Lipinski definition) is 1. The van der Waals surface area contributed by atoms with E-state index in [1.807, 2.05) is 6.92 Å². The average Bonchev–Trinajstić information content (AvgIpc) is 2.40. The molecule has 2 aromatic carbocycles. The molecule has 2 aromatic rings. The maximum absolute atomic E-state index is 13.2. The lowest BCUT2D eigenvalue weighted by Crippen LogP contribution is -2.20. The number of hydrogen-bond acceptors (Lipinski definition) is 2. The van der Waals surface area contributed by atoms with Crippen molar-refractivity contribution in [3.05, 3.63) is 64.4 Å². The Morgan fingerprint density at radius 2 is 1.89 bits per heavy atom. The Morgan fingerprint density at radius 1 is 1.21 bits per heavy atom. The van der Waals surface area contributed by atoms with Crippen LogP contribution >= 0.6 is 11.6 Å². The lowest BCUT2D eigenvalue weighted by Gasteiger charge is -2.16. The van der Waals surface area contributed by atoms with Gasteiger partial charge >= 0.3 is 0 Å². The van der Waals surface area contributed by atoms with Gasteiger partial charge < -0.3 is 10.5 Å². The molecule has 0 radical (unpaired) electrons. The van der Waals surface area contributed by atoms with Crippen molar-refractivity contribution < 1.29 is 9.13 Å². The van der Waals surface area contributed by atoms with Gasteiger partial charge in [-0.3, -0.25) is 0 Å². The van der Waals surface area contributed by atoms with E-state index in [-0.39, 0.29) is 18.5 Å². The van der Waals surface area contributed by atoms with Crippen molar-refractivity contribution in [2.75, 3.05) is 6.61 Å². The van der Waals surface area contributed by atoms with Gasteiger partial charge in [0.15, 0.2) is 0 Å². The quantitative estimate of drug-likeness (QED) is 0.922.